The second-order valence-corrected chi connectivity index (χ2v) is 7.56. The zero-order valence-corrected chi connectivity index (χ0v) is 17.0. The minimum Gasteiger partial charge on any atom is -0.481 e. The molecule has 0 aliphatic rings. The molecule has 12 heteroatoms. The highest BCUT2D eigenvalue weighted by atomic mass is 32.2. The van der Waals surface area contributed by atoms with Gasteiger partial charge < -0.3 is 21.3 Å². The molecule has 1 amide bonds. The lowest BCUT2D eigenvalue weighted by molar-refractivity contribution is -0.387. The summed E-state index contributed by atoms with van der Waals surface area (Å²) in [5, 5.41) is 31.6. The quantitative estimate of drug-likeness (QED) is 0.195. The minimum atomic E-state index is -1.32. The number of aryl methyl sites for hydroxylation is 1. The molecule has 5 N–H and O–H groups in total. The van der Waals surface area contributed by atoms with E-state index in [4.69, 9.17) is 10.8 Å². The third-order valence-corrected chi connectivity index (χ3v) is 5.29. The van der Waals surface area contributed by atoms with Gasteiger partial charge >= 0.3 is 11.9 Å². The molecule has 30 heavy (non-hydrogen) atoms. The SMILES string of the molecule is Cc1ccc(SCC(NC(=O)CN)C(=O)CC(CCC(=O)O)C(=O)O)c([N+](=O)[O-])c1. The van der Waals surface area contributed by atoms with Crippen LogP contribution in [-0.4, -0.2) is 57.1 Å². The lowest BCUT2D eigenvalue weighted by Gasteiger charge is -2.19. The van der Waals surface area contributed by atoms with Crippen LogP contribution in [0.25, 0.3) is 0 Å². The van der Waals surface area contributed by atoms with Crippen molar-refractivity contribution in [3.05, 3.63) is 33.9 Å². The zero-order chi connectivity index (χ0) is 22.8. The van der Waals surface area contributed by atoms with E-state index in [1.165, 1.54) is 12.1 Å². The molecule has 1 rings (SSSR count). The number of benzene rings is 1. The highest BCUT2D eigenvalue weighted by molar-refractivity contribution is 7.99. The summed E-state index contributed by atoms with van der Waals surface area (Å²) in [6, 6.07) is 3.43. The van der Waals surface area contributed by atoms with Crippen molar-refractivity contribution < 1.29 is 34.3 Å². The molecule has 0 aromatic heterocycles. The number of carbonyl (C=O) groups excluding carboxylic acids is 2. The number of nitrogens with one attached hydrogen (secondary N) is 1. The van der Waals surface area contributed by atoms with Crippen molar-refractivity contribution in [1.29, 1.82) is 0 Å². The van der Waals surface area contributed by atoms with Gasteiger partial charge in [-0.25, -0.2) is 0 Å². The van der Waals surface area contributed by atoms with Gasteiger partial charge in [-0.2, -0.15) is 0 Å². The van der Waals surface area contributed by atoms with Gasteiger partial charge in [-0.1, -0.05) is 6.07 Å². The number of thioether (sulfide) groups is 1. The molecule has 1 aromatic carbocycles. The Hall–Kier alpha value is -2.99. The van der Waals surface area contributed by atoms with Gasteiger partial charge in [-0.15, -0.1) is 11.8 Å². The monoisotopic (exact) mass is 441 g/mol. The molecule has 164 valence electrons. The van der Waals surface area contributed by atoms with Crippen LogP contribution in [0.3, 0.4) is 0 Å². The number of carbonyl (C=O) groups is 4. The first kappa shape index (κ1) is 25.0. The van der Waals surface area contributed by atoms with Crippen LogP contribution in [0.1, 0.15) is 24.8 Å². The van der Waals surface area contributed by atoms with Gasteiger partial charge in [0.15, 0.2) is 5.78 Å². The Balaban J connectivity index is 2.97. The molecule has 2 atom stereocenters. The Morgan fingerprint density at radius 3 is 2.47 bits per heavy atom. The molecule has 0 fully saturated rings. The Morgan fingerprint density at radius 1 is 1.27 bits per heavy atom. The molecule has 1 aromatic rings. The molecule has 0 aliphatic carbocycles. The summed E-state index contributed by atoms with van der Waals surface area (Å²) in [6.45, 7) is 1.29. The summed E-state index contributed by atoms with van der Waals surface area (Å²) in [7, 11) is 0. The van der Waals surface area contributed by atoms with Crippen LogP contribution in [0.4, 0.5) is 5.69 Å². The summed E-state index contributed by atoms with van der Waals surface area (Å²) in [5.41, 5.74) is 5.79. The van der Waals surface area contributed by atoms with E-state index in [9.17, 15) is 34.4 Å². The smallest absolute Gasteiger partial charge is 0.306 e. The molecule has 0 heterocycles. The Labute approximate surface area is 176 Å². The first-order chi connectivity index (χ1) is 14.0. The zero-order valence-electron chi connectivity index (χ0n) is 16.2. The van der Waals surface area contributed by atoms with E-state index in [0.717, 1.165) is 11.8 Å². The maximum Gasteiger partial charge on any atom is 0.306 e. The molecule has 2 unspecified atom stereocenters. The van der Waals surface area contributed by atoms with Crippen molar-refractivity contribution in [2.24, 2.45) is 11.7 Å². The van der Waals surface area contributed by atoms with Crippen molar-refractivity contribution in [2.45, 2.75) is 37.1 Å². The molecule has 0 radical (unpaired) electrons. The molecule has 0 aliphatic heterocycles. The maximum atomic E-state index is 12.6. The van der Waals surface area contributed by atoms with Crippen LogP contribution >= 0.6 is 11.8 Å². The minimum absolute atomic E-state index is 0.0836. The number of hydrogen-bond donors (Lipinski definition) is 4. The number of aliphatic carboxylic acids is 2. The second kappa shape index (κ2) is 11.9. The number of rotatable bonds is 13. The number of hydrogen-bond acceptors (Lipinski definition) is 8. The fraction of sp³-hybridized carbons (Fsp3) is 0.444. The van der Waals surface area contributed by atoms with E-state index in [-0.39, 0.29) is 22.8 Å². The van der Waals surface area contributed by atoms with E-state index in [0.29, 0.717) is 5.56 Å². The number of carboxylic acid groups (broad SMARTS) is 2. The average molecular weight is 441 g/mol. The molecule has 11 nitrogen and oxygen atoms in total. The number of nitrogens with zero attached hydrogens (tertiary/aromatic N) is 1. The van der Waals surface area contributed by atoms with Gasteiger partial charge in [0.05, 0.1) is 28.3 Å². The molecule has 0 saturated heterocycles. The van der Waals surface area contributed by atoms with Crippen LogP contribution < -0.4 is 11.1 Å². The molecule has 0 bridgehead atoms. The highest BCUT2D eigenvalue weighted by Crippen LogP contribution is 2.30. The summed E-state index contributed by atoms with van der Waals surface area (Å²) in [4.78, 5) is 57.3. The van der Waals surface area contributed by atoms with Crippen molar-refractivity contribution in [2.75, 3.05) is 12.3 Å². The molecule has 0 spiro atoms. The molecular weight excluding hydrogens is 418 g/mol. The summed E-state index contributed by atoms with van der Waals surface area (Å²) in [6.07, 6.45) is -1.16. The van der Waals surface area contributed by atoms with Crippen LogP contribution in [0, 0.1) is 23.0 Å². The first-order valence-corrected chi connectivity index (χ1v) is 9.88. The van der Waals surface area contributed by atoms with Gasteiger partial charge in [0.1, 0.15) is 0 Å². The Morgan fingerprint density at radius 2 is 1.93 bits per heavy atom. The van der Waals surface area contributed by atoms with Gasteiger partial charge in [-0.3, -0.25) is 29.3 Å². The van der Waals surface area contributed by atoms with Crippen molar-refractivity contribution in [1.82, 2.24) is 5.32 Å². The van der Waals surface area contributed by atoms with Crippen LogP contribution in [0.15, 0.2) is 23.1 Å². The predicted octanol–water partition coefficient (Wildman–Crippen LogP) is 0.964. The molecule has 0 saturated carbocycles. The largest absolute Gasteiger partial charge is 0.481 e. The van der Waals surface area contributed by atoms with Crippen molar-refractivity contribution in [3.63, 3.8) is 0 Å². The third kappa shape index (κ3) is 8.17. The standard InChI is InChI=1S/C18H23N3O8S/c1-10-2-4-15(13(6-10)21(28)29)30-9-12(20-16(23)8-19)14(22)7-11(18(26)27)3-5-17(24)25/h2,4,6,11-12H,3,5,7-9,19H2,1H3,(H,20,23)(H,24,25)(H,26,27). The number of ketones is 1. The van der Waals surface area contributed by atoms with Gasteiger partial charge in [0.25, 0.3) is 5.69 Å². The number of nitrogens with two attached hydrogens (primary N) is 1. The second-order valence-electron chi connectivity index (χ2n) is 6.50. The lowest BCUT2D eigenvalue weighted by atomic mass is 9.94. The highest BCUT2D eigenvalue weighted by Gasteiger charge is 2.28. The molecular formula is C18H23N3O8S. The Kier molecular flexibility index (Phi) is 9.92. The summed E-state index contributed by atoms with van der Waals surface area (Å²) in [5.74, 6) is -5.11. The van der Waals surface area contributed by atoms with Gasteiger partial charge in [0.2, 0.25) is 5.91 Å². The summed E-state index contributed by atoms with van der Waals surface area (Å²) >= 11 is 0.967. The number of Topliss-reactive ketones (excluding diaryl/α,β-unsaturated/α-hetero) is 1. The van der Waals surface area contributed by atoms with E-state index < -0.39 is 59.9 Å². The van der Waals surface area contributed by atoms with E-state index in [1.54, 1.807) is 13.0 Å². The van der Waals surface area contributed by atoms with Crippen molar-refractivity contribution >= 4 is 41.1 Å². The van der Waals surface area contributed by atoms with E-state index in [2.05, 4.69) is 5.32 Å². The number of amides is 1. The van der Waals surface area contributed by atoms with Crippen LogP contribution in [-0.2, 0) is 19.2 Å². The predicted molar refractivity (Wildman–Crippen MR) is 107 cm³/mol. The van der Waals surface area contributed by atoms with E-state index in [1.807, 2.05) is 0 Å². The third-order valence-electron chi connectivity index (χ3n) is 4.13. The fourth-order valence-corrected chi connectivity index (χ4v) is 3.59. The normalized spacial score (nSPS) is 12.6. The van der Waals surface area contributed by atoms with Crippen LogP contribution in [0.2, 0.25) is 0 Å². The van der Waals surface area contributed by atoms with Gasteiger partial charge in [0, 0.05) is 24.7 Å². The van der Waals surface area contributed by atoms with Crippen LogP contribution in [0.5, 0.6) is 0 Å². The maximum absolute atomic E-state index is 12.6. The van der Waals surface area contributed by atoms with Gasteiger partial charge in [-0.05, 0) is 25.0 Å². The topological polar surface area (TPSA) is 190 Å². The summed E-state index contributed by atoms with van der Waals surface area (Å²) < 4.78 is 0. The lowest BCUT2D eigenvalue weighted by Crippen LogP contribution is -2.46. The van der Waals surface area contributed by atoms with E-state index >= 15 is 0 Å². The first-order valence-electron chi connectivity index (χ1n) is 8.89. The number of nitro groups is 1. The number of nitro benzene ring substituents is 1. The fourth-order valence-electron chi connectivity index (χ4n) is 2.53. The average Bonchev–Trinajstić information content (AvgIpc) is 2.67. The van der Waals surface area contributed by atoms with Crippen molar-refractivity contribution in [3.8, 4) is 0 Å². The number of carboxylic acids is 2. The Bertz CT molecular complexity index is 830.